The predicted octanol–water partition coefficient (Wildman–Crippen LogP) is -0.365. The molecule has 1 saturated carbocycles. The molecule has 1 aliphatic carbocycles. The van der Waals surface area contributed by atoms with Crippen molar-refractivity contribution in [1.82, 2.24) is 19.4 Å². The molecule has 10 nitrogen and oxygen atoms in total. The van der Waals surface area contributed by atoms with E-state index in [1.165, 1.54) is 16.2 Å². The highest BCUT2D eigenvalue weighted by molar-refractivity contribution is 7.19. The van der Waals surface area contributed by atoms with Gasteiger partial charge in [-0.3, -0.25) is 18.8 Å². The second-order valence-corrected chi connectivity index (χ2v) is 8.09. The average Bonchev–Trinajstić information content (AvgIpc) is 3.26. The van der Waals surface area contributed by atoms with E-state index in [2.05, 4.69) is 5.32 Å². The van der Waals surface area contributed by atoms with E-state index >= 15 is 0 Å². The Labute approximate surface area is 163 Å². The number of amides is 2. The molecule has 4 rings (SSSR count). The maximum absolute atomic E-state index is 13.1. The van der Waals surface area contributed by atoms with Gasteiger partial charge in [-0.25, -0.2) is 9.59 Å². The molecule has 2 amide bonds. The van der Waals surface area contributed by atoms with Crippen molar-refractivity contribution >= 4 is 27.6 Å². The topological polar surface area (TPSA) is 126 Å². The van der Waals surface area contributed by atoms with Gasteiger partial charge in [0.05, 0.1) is 23.4 Å². The number of aliphatic hydroxyl groups is 2. The first kappa shape index (κ1) is 19.1. The molecule has 3 N–H and O–H groups in total. The van der Waals surface area contributed by atoms with Gasteiger partial charge in [-0.05, 0) is 25.3 Å². The van der Waals surface area contributed by atoms with Crippen molar-refractivity contribution in [3.63, 3.8) is 0 Å². The molecule has 28 heavy (non-hydrogen) atoms. The van der Waals surface area contributed by atoms with Crippen LogP contribution in [0.5, 0.6) is 0 Å². The van der Waals surface area contributed by atoms with E-state index < -0.39 is 23.2 Å². The van der Waals surface area contributed by atoms with Crippen LogP contribution in [0.2, 0.25) is 0 Å². The number of rotatable bonds is 6. The van der Waals surface area contributed by atoms with E-state index in [9.17, 15) is 24.6 Å². The van der Waals surface area contributed by atoms with Crippen LogP contribution in [0, 0.1) is 6.92 Å². The molecule has 152 valence electrons. The van der Waals surface area contributed by atoms with E-state index in [1.54, 1.807) is 6.92 Å². The largest absolute Gasteiger partial charge is 0.383 e. The third-order valence-electron chi connectivity index (χ3n) is 5.21. The minimum atomic E-state index is -2.58. The number of hydrogen-bond acceptors (Lipinski definition) is 7. The van der Waals surface area contributed by atoms with Gasteiger partial charge in [0.2, 0.25) is 0 Å². The lowest BCUT2D eigenvalue weighted by molar-refractivity contribution is -0.248. The maximum Gasteiger partial charge on any atom is 0.332 e. The molecule has 2 aromatic rings. The molecule has 2 fully saturated rings. The number of hydrogen-bond donors (Lipinski definition) is 3. The summed E-state index contributed by atoms with van der Waals surface area (Å²) in [6, 6.07) is -0.729. The first-order valence-electron chi connectivity index (χ1n) is 9.07. The maximum atomic E-state index is 13.1. The van der Waals surface area contributed by atoms with Crippen LogP contribution in [0.1, 0.15) is 29.3 Å². The van der Waals surface area contributed by atoms with Crippen LogP contribution >= 0.6 is 11.3 Å². The van der Waals surface area contributed by atoms with Crippen LogP contribution in [-0.4, -0.2) is 57.1 Å². The molecule has 11 heteroatoms. The molecule has 0 radical (unpaired) electrons. The standard InChI is InChI=1S/C17H22N4O6S/c1-9-11-13(22)21(10-3-4-10)16(24)19(7-8-27-2)14(11)28-12(9)17(25,26)20-6-5-18-15(20)23/h10,25-26H,3-8H2,1-2H3,(H,18,23). The van der Waals surface area contributed by atoms with Gasteiger partial charge in [0.1, 0.15) is 4.83 Å². The number of nitrogens with zero attached hydrogens (tertiary/aromatic N) is 3. The summed E-state index contributed by atoms with van der Waals surface area (Å²) in [5.74, 6) is -2.58. The molecule has 0 unspecified atom stereocenters. The third-order valence-corrected chi connectivity index (χ3v) is 6.61. The monoisotopic (exact) mass is 410 g/mol. The fourth-order valence-electron chi connectivity index (χ4n) is 3.61. The summed E-state index contributed by atoms with van der Waals surface area (Å²) in [5.41, 5.74) is -0.502. The second kappa shape index (κ2) is 6.69. The molecule has 0 spiro atoms. The number of aryl methyl sites for hydroxylation is 1. The summed E-state index contributed by atoms with van der Waals surface area (Å²) in [6.45, 7) is 2.50. The van der Waals surface area contributed by atoms with Gasteiger partial charge >= 0.3 is 11.7 Å². The summed E-state index contributed by atoms with van der Waals surface area (Å²) in [6.07, 6.45) is 1.53. The zero-order valence-corrected chi connectivity index (χ0v) is 16.4. The van der Waals surface area contributed by atoms with Gasteiger partial charge in [0, 0.05) is 26.2 Å². The van der Waals surface area contributed by atoms with Crippen LogP contribution in [0.4, 0.5) is 4.79 Å². The van der Waals surface area contributed by atoms with Crippen LogP contribution in [0.15, 0.2) is 9.59 Å². The predicted molar refractivity (Wildman–Crippen MR) is 101 cm³/mol. The molecule has 1 saturated heterocycles. The highest BCUT2D eigenvalue weighted by Gasteiger charge is 2.44. The number of fused-ring (bicyclic) bond motifs is 1. The minimum absolute atomic E-state index is 0.0516. The summed E-state index contributed by atoms with van der Waals surface area (Å²) in [5, 5.41) is 24.3. The Morgan fingerprint density at radius 3 is 2.57 bits per heavy atom. The molecule has 0 atom stereocenters. The van der Waals surface area contributed by atoms with Gasteiger partial charge < -0.3 is 20.3 Å². The van der Waals surface area contributed by atoms with Crippen molar-refractivity contribution in [2.75, 3.05) is 26.8 Å². The molecular weight excluding hydrogens is 388 g/mol. The first-order chi connectivity index (χ1) is 13.3. The second-order valence-electron chi connectivity index (χ2n) is 7.09. The van der Waals surface area contributed by atoms with E-state index in [1.807, 2.05) is 0 Å². The van der Waals surface area contributed by atoms with Gasteiger partial charge in [-0.1, -0.05) is 0 Å². The van der Waals surface area contributed by atoms with E-state index in [0.29, 0.717) is 16.9 Å². The number of nitrogens with one attached hydrogen (secondary N) is 1. The highest BCUT2D eigenvalue weighted by atomic mass is 32.1. The number of aromatic nitrogens is 2. The molecular formula is C17H22N4O6S. The minimum Gasteiger partial charge on any atom is -0.383 e. The molecule has 1 aliphatic heterocycles. The number of carbonyl (C=O) groups excluding carboxylic acids is 1. The quantitative estimate of drug-likeness (QED) is 0.558. The van der Waals surface area contributed by atoms with Crippen LogP contribution < -0.4 is 16.6 Å². The zero-order chi connectivity index (χ0) is 20.2. The van der Waals surface area contributed by atoms with Crippen molar-refractivity contribution in [2.24, 2.45) is 0 Å². The van der Waals surface area contributed by atoms with Crippen LogP contribution in [0.25, 0.3) is 10.2 Å². The molecule has 0 aromatic carbocycles. The fourth-order valence-corrected chi connectivity index (χ4v) is 4.93. The normalized spacial score (nSPS) is 17.6. The van der Waals surface area contributed by atoms with Crippen LogP contribution in [0.3, 0.4) is 0 Å². The Morgan fingerprint density at radius 1 is 1.29 bits per heavy atom. The van der Waals surface area contributed by atoms with Crippen molar-refractivity contribution in [3.8, 4) is 0 Å². The summed E-state index contributed by atoms with van der Waals surface area (Å²) in [4.78, 5) is 39.3. The van der Waals surface area contributed by atoms with Crippen molar-refractivity contribution in [1.29, 1.82) is 0 Å². The van der Waals surface area contributed by atoms with Gasteiger partial charge in [-0.2, -0.15) is 0 Å². The summed E-state index contributed by atoms with van der Waals surface area (Å²) in [7, 11) is 1.52. The Balaban J connectivity index is 1.97. The zero-order valence-electron chi connectivity index (χ0n) is 15.6. The number of urea groups is 1. The Morgan fingerprint density at radius 2 is 2.00 bits per heavy atom. The number of thiophene rings is 1. The Hall–Kier alpha value is -2.21. The van der Waals surface area contributed by atoms with Gasteiger partial charge in [0.25, 0.3) is 11.5 Å². The lowest BCUT2D eigenvalue weighted by atomic mass is 10.1. The van der Waals surface area contributed by atoms with Crippen molar-refractivity contribution in [2.45, 2.75) is 38.3 Å². The average molecular weight is 410 g/mol. The fraction of sp³-hybridized carbons (Fsp3) is 0.588. The van der Waals surface area contributed by atoms with Crippen molar-refractivity contribution in [3.05, 3.63) is 31.3 Å². The number of methoxy groups -OCH3 is 1. The highest BCUT2D eigenvalue weighted by Crippen LogP contribution is 2.38. The Bertz CT molecular complexity index is 1060. The smallest absolute Gasteiger partial charge is 0.332 e. The van der Waals surface area contributed by atoms with Gasteiger partial charge in [0.15, 0.2) is 0 Å². The van der Waals surface area contributed by atoms with E-state index in [0.717, 1.165) is 29.1 Å². The van der Waals surface area contributed by atoms with Crippen molar-refractivity contribution < 1.29 is 19.7 Å². The molecule has 3 heterocycles. The summed E-state index contributed by atoms with van der Waals surface area (Å²) < 4.78 is 7.79. The third kappa shape index (κ3) is 2.77. The molecule has 2 aliphatic rings. The Kier molecular flexibility index (Phi) is 4.57. The van der Waals surface area contributed by atoms with E-state index in [4.69, 9.17) is 4.74 Å². The van der Waals surface area contributed by atoms with Crippen LogP contribution in [-0.2, 0) is 17.2 Å². The molecule has 2 aromatic heterocycles. The first-order valence-corrected chi connectivity index (χ1v) is 9.88. The lowest BCUT2D eigenvalue weighted by Crippen LogP contribution is -2.47. The summed E-state index contributed by atoms with van der Waals surface area (Å²) >= 11 is 0.938. The lowest BCUT2D eigenvalue weighted by Gasteiger charge is -2.30. The molecule has 0 bridgehead atoms. The number of carbonyl (C=O) groups is 1. The van der Waals surface area contributed by atoms with Gasteiger partial charge in [-0.15, -0.1) is 11.3 Å². The SMILES string of the molecule is COCCn1c(=O)n(C2CC2)c(=O)c2c(C)c(C(O)(O)N3CCNC3=O)sc21. The number of ether oxygens (including phenoxy) is 1. The van der Waals surface area contributed by atoms with E-state index in [-0.39, 0.29) is 36.0 Å².